The Morgan fingerprint density at radius 1 is 1.04 bits per heavy atom. The van der Waals surface area contributed by atoms with Crippen LogP contribution < -0.4 is 5.01 Å². The van der Waals surface area contributed by atoms with Crippen LogP contribution in [0, 0.1) is 0 Å². The number of hydrogen-bond acceptors (Lipinski definition) is 4. The summed E-state index contributed by atoms with van der Waals surface area (Å²) >= 11 is 7.91. The molecule has 3 unspecified atom stereocenters. The van der Waals surface area contributed by atoms with E-state index in [9.17, 15) is 9.59 Å². The molecule has 2 aromatic carbocycles. The van der Waals surface area contributed by atoms with Crippen molar-refractivity contribution in [2.75, 3.05) is 17.8 Å². The number of carbonyl (C=O) groups is 2. The molecule has 2 amide bonds. The van der Waals surface area contributed by atoms with Crippen LogP contribution in [0.2, 0.25) is 5.02 Å². The van der Waals surface area contributed by atoms with Crippen LogP contribution in [-0.2, 0) is 9.59 Å². The van der Waals surface area contributed by atoms with Gasteiger partial charge < -0.3 is 4.90 Å². The van der Waals surface area contributed by atoms with Gasteiger partial charge in [0, 0.05) is 17.6 Å². The summed E-state index contributed by atoms with van der Waals surface area (Å²) in [6.45, 7) is 1.98. The summed E-state index contributed by atoms with van der Waals surface area (Å²) in [7, 11) is 1.88. The fourth-order valence-corrected chi connectivity index (χ4v) is 5.30. The Morgan fingerprint density at radius 2 is 1.70 bits per heavy atom. The number of likely N-dealkylation sites (N-methyl/N-ethyl adjacent to an activating group) is 1. The van der Waals surface area contributed by atoms with E-state index in [-0.39, 0.29) is 23.2 Å². The van der Waals surface area contributed by atoms with E-state index in [0.717, 1.165) is 11.3 Å². The molecule has 0 aliphatic carbocycles. The SMILES string of the molecule is CC1C(N2C(=O)CSC2c2ccccc2Cl)C(=O)N(c2ccccc2)N1C. The highest BCUT2D eigenvalue weighted by molar-refractivity contribution is 8.00. The third-order valence-corrected chi connectivity index (χ3v) is 6.76. The average Bonchev–Trinajstić information content (AvgIpc) is 3.14. The standard InChI is InChI=1S/C20H20ClN3O2S/c1-13-18(19(26)24(22(13)2)14-8-4-3-5-9-14)23-17(25)12-27-20(23)15-10-6-7-11-16(15)21/h3-11,13,18,20H,12H2,1-2H3. The molecular formula is C20H20ClN3O2S. The first-order valence-electron chi connectivity index (χ1n) is 8.79. The van der Waals surface area contributed by atoms with Crippen molar-refractivity contribution >= 4 is 40.9 Å². The maximum Gasteiger partial charge on any atom is 0.266 e. The monoisotopic (exact) mass is 401 g/mol. The number of hydrazine groups is 1. The summed E-state index contributed by atoms with van der Waals surface area (Å²) in [6.07, 6.45) is 0. The molecule has 5 nitrogen and oxygen atoms in total. The molecule has 4 rings (SSSR count). The Bertz CT molecular complexity index is 879. The lowest BCUT2D eigenvalue weighted by molar-refractivity contribution is -0.136. The Kier molecular flexibility index (Phi) is 4.88. The maximum atomic E-state index is 13.4. The molecule has 0 aromatic heterocycles. The number of amides is 2. The maximum absolute atomic E-state index is 13.4. The zero-order chi connectivity index (χ0) is 19.1. The van der Waals surface area contributed by atoms with Crippen molar-refractivity contribution in [1.29, 1.82) is 0 Å². The lowest BCUT2D eigenvalue weighted by Crippen LogP contribution is -2.47. The van der Waals surface area contributed by atoms with Crippen LogP contribution in [0.3, 0.4) is 0 Å². The Hall–Kier alpha value is -2.02. The first kappa shape index (κ1) is 18.3. The van der Waals surface area contributed by atoms with Gasteiger partial charge in [-0.05, 0) is 25.1 Å². The molecule has 2 aromatic rings. The van der Waals surface area contributed by atoms with Gasteiger partial charge in [-0.15, -0.1) is 11.8 Å². The van der Waals surface area contributed by atoms with Crippen molar-refractivity contribution in [3.05, 3.63) is 65.2 Å². The van der Waals surface area contributed by atoms with Gasteiger partial charge in [0.2, 0.25) is 5.91 Å². The largest absolute Gasteiger partial charge is 0.312 e. The number of rotatable bonds is 3. The van der Waals surface area contributed by atoms with Crippen molar-refractivity contribution in [1.82, 2.24) is 9.91 Å². The van der Waals surface area contributed by atoms with Crippen LogP contribution in [0.15, 0.2) is 54.6 Å². The minimum Gasteiger partial charge on any atom is -0.312 e. The first-order valence-corrected chi connectivity index (χ1v) is 10.2. The van der Waals surface area contributed by atoms with Gasteiger partial charge in [0.05, 0.1) is 17.5 Å². The van der Waals surface area contributed by atoms with Gasteiger partial charge in [-0.3, -0.25) is 9.59 Å². The van der Waals surface area contributed by atoms with Gasteiger partial charge in [-0.25, -0.2) is 10.0 Å². The van der Waals surface area contributed by atoms with Crippen molar-refractivity contribution in [2.45, 2.75) is 24.4 Å². The molecule has 0 bridgehead atoms. The molecule has 0 spiro atoms. The first-order chi connectivity index (χ1) is 13.0. The summed E-state index contributed by atoms with van der Waals surface area (Å²) in [5.41, 5.74) is 1.67. The Labute approximate surface area is 167 Å². The van der Waals surface area contributed by atoms with E-state index in [2.05, 4.69) is 0 Å². The molecule has 2 aliphatic heterocycles. The number of thioether (sulfide) groups is 1. The van der Waals surface area contributed by atoms with Crippen LogP contribution >= 0.6 is 23.4 Å². The van der Waals surface area contributed by atoms with E-state index < -0.39 is 6.04 Å². The van der Waals surface area contributed by atoms with Crippen LogP contribution in [0.1, 0.15) is 17.9 Å². The number of benzene rings is 2. The summed E-state index contributed by atoms with van der Waals surface area (Å²) in [5.74, 6) is 0.226. The van der Waals surface area contributed by atoms with Gasteiger partial charge in [0.15, 0.2) is 0 Å². The molecule has 3 atom stereocenters. The number of carbonyl (C=O) groups excluding carboxylic acids is 2. The van der Waals surface area contributed by atoms with Crippen LogP contribution in [0.4, 0.5) is 5.69 Å². The van der Waals surface area contributed by atoms with Crippen molar-refractivity contribution < 1.29 is 9.59 Å². The molecule has 140 valence electrons. The summed E-state index contributed by atoms with van der Waals surface area (Å²) in [6, 6.07) is 16.3. The molecule has 2 aliphatic rings. The number of anilines is 1. The van der Waals surface area contributed by atoms with E-state index in [4.69, 9.17) is 11.6 Å². The highest BCUT2D eigenvalue weighted by Gasteiger charge is 2.51. The highest BCUT2D eigenvalue weighted by atomic mass is 35.5. The highest BCUT2D eigenvalue weighted by Crippen LogP contribution is 2.45. The van der Waals surface area contributed by atoms with E-state index in [1.54, 1.807) is 9.91 Å². The van der Waals surface area contributed by atoms with Crippen molar-refractivity contribution in [3.8, 4) is 0 Å². The predicted octanol–water partition coefficient (Wildman–Crippen LogP) is 3.56. The number of halogens is 1. The van der Waals surface area contributed by atoms with Gasteiger partial charge in [0.1, 0.15) is 11.4 Å². The van der Waals surface area contributed by atoms with Crippen LogP contribution in [-0.4, -0.2) is 46.6 Å². The van der Waals surface area contributed by atoms with E-state index in [0.29, 0.717) is 10.8 Å². The average molecular weight is 402 g/mol. The molecular weight excluding hydrogens is 382 g/mol. The van der Waals surface area contributed by atoms with Crippen molar-refractivity contribution in [3.63, 3.8) is 0 Å². The van der Waals surface area contributed by atoms with Gasteiger partial charge in [-0.2, -0.15) is 0 Å². The molecule has 2 fully saturated rings. The predicted molar refractivity (Wildman–Crippen MR) is 108 cm³/mol. The second-order valence-electron chi connectivity index (χ2n) is 6.73. The zero-order valence-electron chi connectivity index (χ0n) is 15.1. The van der Waals surface area contributed by atoms with Gasteiger partial charge in [-0.1, -0.05) is 48.0 Å². The minimum atomic E-state index is -0.557. The normalized spacial score (nSPS) is 26.3. The zero-order valence-corrected chi connectivity index (χ0v) is 16.7. The summed E-state index contributed by atoms with van der Waals surface area (Å²) in [5, 5.41) is 3.92. The van der Waals surface area contributed by atoms with Gasteiger partial charge in [0.25, 0.3) is 5.91 Å². The minimum absolute atomic E-state index is 0.0292. The number of hydrogen-bond donors (Lipinski definition) is 0. The van der Waals surface area contributed by atoms with Crippen LogP contribution in [0.5, 0.6) is 0 Å². The third kappa shape index (κ3) is 3.02. The summed E-state index contributed by atoms with van der Waals surface area (Å²) in [4.78, 5) is 27.9. The van der Waals surface area contributed by atoms with E-state index in [1.165, 1.54) is 11.8 Å². The Balaban J connectivity index is 1.72. The number of para-hydroxylation sites is 1. The molecule has 0 N–H and O–H groups in total. The molecule has 27 heavy (non-hydrogen) atoms. The van der Waals surface area contributed by atoms with Crippen molar-refractivity contribution in [2.24, 2.45) is 0 Å². The molecule has 0 saturated carbocycles. The van der Waals surface area contributed by atoms with E-state index >= 15 is 0 Å². The number of nitrogens with zero attached hydrogens (tertiary/aromatic N) is 3. The van der Waals surface area contributed by atoms with Gasteiger partial charge >= 0.3 is 0 Å². The second kappa shape index (κ2) is 7.19. The fraction of sp³-hybridized carbons (Fsp3) is 0.300. The second-order valence-corrected chi connectivity index (χ2v) is 8.21. The topological polar surface area (TPSA) is 43.9 Å². The smallest absolute Gasteiger partial charge is 0.266 e. The molecule has 7 heteroatoms. The Morgan fingerprint density at radius 3 is 2.41 bits per heavy atom. The quantitative estimate of drug-likeness (QED) is 0.788. The molecule has 2 heterocycles. The molecule has 2 saturated heterocycles. The fourth-order valence-electron chi connectivity index (χ4n) is 3.76. The van der Waals surface area contributed by atoms with E-state index in [1.807, 2.05) is 73.6 Å². The molecule has 0 radical (unpaired) electrons. The lowest BCUT2D eigenvalue weighted by atomic mass is 10.1. The third-order valence-electron chi connectivity index (χ3n) is 5.20. The summed E-state index contributed by atoms with van der Waals surface area (Å²) < 4.78 is 0. The van der Waals surface area contributed by atoms with Crippen LogP contribution in [0.25, 0.3) is 0 Å². The lowest BCUT2D eigenvalue weighted by Gasteiger charge is -2.31.